The number of likely N-dealkylation sites (tertiary alicyclic amines) is 1. The van der Waals surface area contributed by atoms with E-state index in [4.69, 9.17) is 9.47 Å². The smallest absolute Gasteiger partial charge is 0.410 e. The molecule has 1 aromatic rings. The number of aromatic nitrogens is 2. The van der Waals surface area contributed by atoms with E-state index in [1.54, 1.807) is 13.3 Å². The maximum atomic E-state index is 12.2. The number of rotatable bonds is 3. The Morgan fingerprint density at radius 1 is 1.04 bits per heavy atom. The number of piperidine rings is 2. The van der Waals surface area contributed by atoms with Gasteiger partial charge in [0.05, 0.1) is 19.5 Å². The number of nitrogens with zero attached hydrogens (tertiary/aromatic N) is 4. The minimum Gasteiger partial charge on any atom is -0.480 e. The fraction of sp³-hybridized carbons (Fsp3) is 0.750. The van der Waals surface area contributed by atoms with Crippen molar-refractivity contribution in [3.8, 4) is 5.88 Å². The van der Waals surface area contributed by atoms with Gasteiger partial charge >= 0.3 is 6.09 Å². The SMILES string of the molecule is COc1cncc(N2CCC(C3CCN(C(=O)OC(C)(C)C)CC3)CC2)n1. The lowest BCUT2D eigenvalue weighted by atomic mass is 9.79. The average Bonchev–Trinajstić information content (AvgIpc) is 2.67. The standard InChI is InChI=1S/C20H32N4O3/c1-20(2,3)27-19(25)24-11-7-16(8-12-24)15-5-9-23(10-6-15)17-13-21-14-18(22-17)26-4/h13-16H,5-12H2,1-4H3. The number of methoxy groups -OCH3 is 1. The lowest BCUT2D eigenvalue weighted by Gasteiger charge is -2.40. The highest BCUT2D eigenvalue weighted by atomic mass is 16.6. The normalized spacial score (nSPS) is 19.9. The van der Waals surface area contributed by atoms with Gasteiger partial charge in [-0.05, 0) is 58.3 Å². The quantitative estimate of drug-likeness (QED) is 0.806. The molecule has 2 aliphatic rings. The number of amides is 1. The monoisotopic (exact) mass is 376 g/mol. The zero-order chi connectivity index (χ0) is 19.4. The third-order valence-electron chi connectivity index (χ3n) is 5.53. The summed E-state index contributed by atoms with van der Waals surface area (Å²) in [5.74, 6) is 2.87. The van der Waals surface area contributed by atoms with Crippen LogP contribution in [0.4, 0.5) is 10.6 Å². The highest BCUT2D eigenvalue weighted by molar-refractivity contribution is 5.68. The Morgan fingerprint density at radius 2 is 1.63 bits per heavy atom. The van der Waals surface area contributed by atoms with Gasteiger partial charge in [-0.25, -0.2) is 4.79 Å². The predicted octanol–water partition coefficient (Wildman–Crippen LogP) is 3.35. The Morgan fingerprint density at radius 3 is 2.19 bits per heavy atom. The molecule has 0 atom stereocenters. The fourth-order valence-corrected chi connectivity index (χ4v) is 4.07. The van der Waals surface area contributed by atoms with Crippen LogP contribution in [0.1, 0.15) is 46.5 Å². The first-order valence-electron chi connectivity index (χ1n) is 9.94. The first kappa shape index (κ1) is 19.7. The molecule has 3 rings (SSSR count). The van der Waals surface area contributed by atoms with Crippen LogP contribution in [0.25, 0.3) is 0 Å². The Balaban J connectivity index is 1.46. The molecule has 0 bridgehead atoms. The van der Waals surface area contributed by atoms with Crippen molar-refractivity contribution in [3.05, 3.63) is 12.4 Å². The van der Waals surface area contributed by atoms with Gasteiger partial charge in [-0.3, -0.25) is 4.98 Å². The van der Waals surface area contributed by atoms with E-state index in [0.717, 1.165) is 63.6 Å². The van der Waals surface area contributed by atoms with Crippen molar-refractivity contribution in [1.29, 1.82) is 0 Å². The molecule has 7 nitrogen and oxygen atoms in total. The van der Waals surface area contributed by atoms with E-state index in [0.29, 0.717) is 11.8 Å². The first-order chi connectivity index (χ1) is 12.9. The zero-order valence-corrected chi connectivity index (χ0v) is 17.0. The molecule has 0 aromatic carbocycles. The second kappa shape index (κ2) is 8.31. The van der Waals surface area contributed by atoms with Crippen molar-refractivity contribution in [2.24, 2.45) is 11.8 Å². The Labute approximate surface area is 162 Å². The van der Waals surface area contributed by atoms with E-state index in [2.05, 4.69) is 14.9 Å². The molecule has 0 aliphatic carbocycles. The van der Waals surface area contributed by atoms with Crippen LogP contribution in [-0.2, 0) is 4.74 Å². The van der Waals surface area contributed by atoms with Crippen LogP contribution in [0, 0.1) is 11.8 Å². The molecule has 27 heavy (non-hydrogen) atoms. The summed E-state index contributed by atoms with van der Waals surface area (Å²) >= 11 is 0. The van der Waals surface area contributed by atoms with Crippen LogP contribution in [0.3, 0.4) is 0 Å². The summed E-state index contributed by atoms with van der Waals surface area (Å²) in [6, 6.07) is 0. The van der Waals surface area contributed by atoms with E-state index in [1.165, 1.54) is 0 Å². The van der Waals surface area contributed by atoms with Crippen molar-refractivity contribution in [1.82, 2.24) is 14.9 Å². The molecule has 1 aromatic heterocycles. The molecule has 0 saturated carbocycles. The Kier molecular flexibility index (Phi) is 6.07. The van der Waals surface area contributed by atoms with E-state index in [-0.39, 0.29) is 6.09 Å². The van der Waals surface area contributed by atoms with Crippen LogP contribution >= 0.6 is 0 Å². The third-order valence-corrected chi connectivity index (χ3v) is 5.53. The minimum atomic E-state index is -0.427. The maximum absolute atomic E-state index is 12.2. The molecule has 2 fully saturated rings. The lowest BCUT2D eigenvalue weighted by molar-refractivity contribution is 0.0152. The summed E-state index contributed by atoms with van der Waals surface area (Å²) in [7, 11) is 1.61. The van der Waals surface area contributed by atoms with E-state index < -0.39 is 5.60 Å². The maximum Gasteiger partial charge on any atom is 0.410 e. The molecular formula is C20H32N4O3. The highest BCUT2D eigenvalue weighted by Crippen LogP contribution is 2.34. The molecule has 0 spiro atoms. The van der Waals surface area contributed by atoms with E-state index in [1.807, 2.05) is 31.9 Å². The van der Waals surface area contributed by atoms with Crippen LogP contribution in [0.5, 0.6) is 5.88 Å². The van der Waals surface area contributed by atoms with Crippen molar-refractivity contribution >= 4 is 11.9 Å². The number of hydrogen-bond acceptors (Lipinski definition) is 6. The summed E-state index contributed by atoms with van der Waals surface area (Å²) in [4.78, 5) is 25.1. The van der Waals surface area contributed by atoms with E-state index in [9.17, 15) is 4.79 Å². The summed E-state index contributed by atoms with van der Waals surface area (Å²) in [6.07, 6.45) is 7.74. The third kappa shape index (κ3) is 5.23. The first-order valence-corrected chi connectivity index (χ1v) is 9.94. The summed E-state index contributed by atoms with van der Waals surface area (Å²) in [5, 5.41) is 0. The van der Waals surface area contributed by atoms with Crippen LogP contribution in [-0.4, -0.2) is 59.9 Å². The predicted molar refractivity (Wildman–Crippen MR) is 104 cm³/mol. The van der Waals surface area contributed by atoms with Gasteiger partial charge in [0.25, 0.3) is 0 Å². The molecule has 0 unspecified atom stereocenters. The van der Waals surface area contributed by atoms with Crippen molar-refractivity contribution in [2.75, 3.05) is 38.2 Å². The van der Waals surface area contributed by atoms with E-state index >= 15 is 0 Å². The molecular weight excluding hydrogens is 344 g/mol. The second-order valence-electron chi connectivity index (χ2n) is 8.55. The van der Waals surface area contributed by atoms with Gasteiger partial charge in [-0.2, -0.15) is 4.98 Å². The number of carbonyl (C=O) groups excluding carboxylic acids is 1. The number of hydrogen-bond donors (Lipinski definition) is 0. The molecule has 0 N–H and O–H groups in total. The van der Waals surface area contributed by atoms with Crippen molar-refractivity contribution in [3.63, 3.8) is 0 Å². The van der Waals surface area contributed by atoms with Gasteiger partial charge in [0, 0.05) is 26.2 Å². The Bertz CT molecular complexity index is 630. The number of carbonyl (C=O) groups is 1. The minimum absolute atomic E-state index is 0.174. The van der Waals surface area contributed by atoms with Gasteiger partial charge in [0.15, 0.2) is 5.82 Å². The van der Waals surface area contributed by atoms with Gasteiger partial charge in [0.2, 0.25) is 5.88 Å². The highest BCUT2D eigenvalue weighted by Gasteiger charge is 2.32. The average molecular weight is 377 g/mol. The summed E-state index contributed by atoms with van der Waals surface area (Å²) in [5.41, 5.74) is -0.427. The van der Waals surface area contributed by atoms with Crippen LogP contribution in [0.2, 0.25) is 0 Å². The van der Waals surface area contributed by atoms with Gasteiger partial charge < -0.3 is 19.3 Å². The molecule has 1 amide bonds. The fourth-order valence-electron chi connectivity index (χ4n) is 4.07. The van der Waals surface area contributed by atoms with Crippen LogP contribution in [0.15, 0.2) is 12.4 Å². The van der Waals surface area contributed by atoms with Gasteiger partial charge in [0.1, 0.15) is 5.60 Å². The molecule has 2 saturated heterocycles. The largest absolute Gasteiger partial charge is 0.480 e. The molecule has 2 aliphatic heterocycles. The second-order valence-corrected chi connectivity index (χ2v) is 8.55. The zero-order valence-electron chi connectivity index (χ0n) is 17.0. The van der Waals surface area contributed by atoms with Crippen molar-refractivity contribution < 1.29 is 14.3 Å². The number of anilines is 1. The van der Waals surface area contributed by atoms with Crippen molar-refractivity contribution in [2.45, 2.75) is 52.1 Å². The van der Waals surface area contributed by atoms with Gasteiger partial charge in [-0.1, -0.05) is 0 Å². The topological polar surface area (TPSA) is 67.8 Å². The van der Waals surface area contributed by atoms with Gasteiger partial charge in [-0.15, -0.1) is 0 Å². The van der Waals surface area contributed by atoms with Crippen LogP contribution < -0.4 is 9.64 Å². The summed E-state index contributed by atoms with van der Waals surface area (Å²) < 4.78 is 10.7. The molecule has 0 radical (unpaired) electrons. The Hall–Kier alpha value is -2.05. The molecule has 7 heteroatoms. The summed E-state index contributed by atoms with van der Waals surface area (Å²) in [6.45, 7) is 9.36. The number of ether oxygens (including phenoxy) is 2. The molecule has 150 valence electrons. The lowest BCUT2D eigenvalue weighted by Crippen LogP contribution is -2.44. The molecule has 3 heterocycles.